The third-order valence-electron chi connectivity index (χ3n) is 2.52. The molecule has 2 aromatic rings. The fraction of sp³-hybridized carbons (Fsp3) is 0.154. The molecular formula is C13H11Cl2NO3S. The molecule has 0 aliphatic carbocycles. The molecule has 0 radical (unpaired) electrons. The van der Waals surface area contributed by atoms with Gasteiger partial charge in [0.1, 0.15) is 11.5 Å². The molecule has 1 aromatic heterocycles. The highest BCUT2D eigenvalue weighted by molar-refractivity contribution is 7.18. The predicted octanol–water partition coefficient (Wildman–Crippen LogP) is 4.32. The summed E-state index contributed by atoms with van der Waals surface area (Å²) in [7, 11) is 2.99. The number of benzene rings is 1. The lowest BCUT2D eigenvalue weighted by Gasteiger charge is -2.12. The molecule has 2 rings (SSSR count). The van der Waals surface area contributed by atoms with Gasteiger partial charge in [0.05, 0.1) is 34.1 Å². The van der Waals surface area contributed by atoms with Crippen LogP contribution in [0.1, 0.15) is 9.67 Å². The Labute approximate surface area is 130 Å². The highest BCUT2D eigenvalue weighted by Gasteiger charge is 2.14. The third kappa shape index (κ3) is 3.17. The van der Waals surface area contributed by atoms with E-state index in [2.05, 4.69) is 5.32 Å². The lowest BCUT2D eigenvalue weighted by Crippen LogP contribution is -2.11. The van der Waals surface area contributed by atoms with Gasteiger partial charge in [-0.25, -0.2) is 0 Å². The number of carbonyl (C=O) groups is 1. The van der Waals surface area contributed by atoms with Crippen LogP contribution in [0.5, 0.6) is 11.5 Å². The minimum absolute atomic E-state index is 0.274. The van der Waals surface area contributed by atoms with Crippen LogP contribution in [0, 0.1) is 0 Å². The number of ether oxygens (including phenoxy) is 2. The topological polar surface area (TPSA) is 47.6 Å². The Morgan fingerprint density at radius 2 is 1.85 bits per heavy atom. The van der Waals surface area contributed by atoms with Gasteiger partial charge in [0.15, 0.2) is 0 Å². The van der Waals surface area contributed by atoms with Crippen molar-refractivity contribution in [1.29, 1.82) is 0 Å². The molecule has 0 saturated heterocycles. The molecule has 1 heterocycles. The molecule has 0 bridgehead atoms. The molecule has 4 nitrogen and oxygen atoms in total. The largest absolute Gasteiger partial charge is 0.495 e. The Balaban J connectivity index is 2.30. The molecule has 1 amide bonds. The average Bonchev–Trinajstić information content (AvgIpc) is 2.87. The molecule has 20 heavy (non-hydrogen) atoms. The molecule has 0 aliphatic heterocycles. The molecule has 0 aliphatic rings. The first kappa shape index (κ1) is 15.0. The van der Waals surface area contributed by atoms with Crippen LogP contribution in [-0.4, -0.2) is 20.1 Å². The summed E-state index contributed by atoms with van der Waals surface area (Å²) in [5, 5.41) is 3.15. The standard InChI is InChI=1S/C13H11Cl2NO3S/c1-18-9-6-8(10(19-2)5-7(9)14)16-13(17)11-3-4-12(15)20-11/h3-6H,1-2H3,(H,16,17). The Kier molecular flexibility index (Phi) is 4.75. The van der Waals surface area contributed by atoms with Crippen LogP contribution >= 0.6 is 34.5 Å². The smallest absolute Gasteiger partial charge is 0.265 e. The van der Waals surface area contributed by atoms with Crippen LogP contribution in [0.2, 0.25) is 9.36 Å². The van der Waals surface area contributed by atoms with Gasteiger partial charge < -0.3 is 14.8 Å². The zero-order valence-electron chi connectivity index (χ0n) is 10.7. The SMILES string of the molecule is COc1cc(NC(=O)c2ccc(Cl)s2)c(OC)cc1Cl. The second-order valence-electron chi connectivity index (χ2n) is 3.74. The summed E-state index contributed by atoms with van der Waals surface area (Å²) < 4.78 is 10.9. The number of hydrogen-bond acceptors (Lipinski definition) is 4. The summed E-state index contributed by atoms with van der Waals surface area (Å²) in [5.41, 5.74) is 0.475. The summed E-state index contributed by atoms with van der Waals surface area (Å²) >= 11 is 13.0. The Bertz CT molecular complexity index is 643. The number of nitrogens with one attached hydrogen (secondary N) is 1. The van der Waals surface area contributed by atoms with E-state index in [1.807, 2.05) is 0 Å². The second-order valence-corrected chi connectivity index (χ2v) is 5.87. The van der Waals surface area contributed by atoms with Crippen LogP contribution in [0.3, 0.4) is 0 Å². The van der Waals surface area contributed by atoms with E-state index in [1.54, 1.807) is 24.3 Å². The fourth-order valence-electron chi connectivity index (χ4n) is 1.58. The highest BCUT2D eigenvalue weighted by atomic mass is 35.5. The van der Waals surface area contributed by atoms with Gasteiger partial charge in [-0.1, -0.05) is 23.2 Å². The van der Waals surface area contributed by atoms with E-state index in [-0.39, 0.29) is 5.91 Å². The highest BCUT2D eigenvalue weighted by Crippen LogP contribution is 2.36. The zero-order chi connectivity index (χ0) is 14.7. The van der Waals surface area contributed by atoms with Crippen molar-refractivity contribution in [2.24, 2.45) is 0 Å². The predicted molar refractivity (Wildman–Crippen MR) is 81.8 cm³/mol. The Morgan fingerprint density at radius 3 is 2.40 bits per heavy atom. The van der Waals surface area contributed by atoms with Gasteiger partial charge in [-0.05, 0) is 12.1 Å². The van der Waals surface area contributed by atoms with Gasteiger partial charge in [-0.3, -0.25) is 4.79 Å². The van der Waals surface area contributed by atoms with Gasteiger partial charge in [0.2, 0.25) is 0 Å². The normalized spacial score (nSPS) is 10.2. The van der Waals surface area contributed by atoms with Crippen molar-refractivity contribution in [3.8, 4) is 11.5 Å². The van der Waals surface area contributed by atoms with E-state index < -0.39 is 0 Å². The number of amides is 1. The number of thiophene rings is 1. The maximum atomic E-state index is 12.1. The van der Waals surface area contributed by atoms with Crippen molar-refractivity contribution in [3.63, 3.8) is 0 Å². The first-order valence-electron chi connectivity index (χ1n) is 5.53. The summed E-state index contributed by atoms with van der Waals surface area (Å²) in [5.74, 6) is 0.628. The molecule has 0 unspecified atom stereocenters. The maximum absolute atomic E-state index is 12.1. The molecular weight excluding hydrogens is 321 g/mol. The monoisotopic (exact) mass is 331 g/mol. The molecule has 0 atom stereocenters. The summed E-state index contributed by atoms with van der Waals surface area (Å²) in [6, 6.07) is 6.51. The number of rotatable bonds is 4. The number of methoxy groups -OCH3 is 2. The lowest BCUT2D eigenvalue weighted by molar-refractivity contribution is 0.103. The lowest BCUT2D eigenvalue weighted by atomic mass is 10.2. The van der Waals surface area contributed by atoms with Crippen LogP contribution < -0.4 is 14.8 Å². The van der Waals surface area contributed by atoms with Crippen molar-refractivity contribution >= 4 is 46.1 Å². The van der Waals surface area contributed by atoms with Crippen LogP contribution in [-0.2, 0) is 0 Å². The van der Waals surface area contributed by atoms with E-state index >= 15 is 0 Å². The minimum Gasteiger partial charge on any atom is -0.495 e. The number of carbonyl (C=O) groups excluding carboxylic acids is 1. The first-order valence-corrected chi connectivity index (χ1v) is 7.10. The fourth-order valence-corrected chi connectivity index (χ4v) is 2.75. The average molecular weight is 332 g/mol. The number of halogens is 2. The van der Waals surface area contributed by atoms with Gasteiger partial charge in [0, 0.05) is 12.1 Å². The second kappa shape index (κ2) is 6.35. The van der Waals surface area contributed by atoms with Crippen LogP contribution in [0.4, 0.5) is 5.69 Å². The molecule has 1 N–H and O–H groups in total. The van der Waals surface area contributed by atoms with E-state index in [0.29, 0.717) is 31.4 Å². The minimum atomic E-state index is -0.274. The van der Waals surface area contributed by atoms with E-state index in [9.17, 15) is 4.79 Å². The molecule has 0 spiro atoms. The van der Waals surface area contributed by atoms with Crippen molar-refractivity contribution in [3.05, 3.63) is 38.5 Å². The van der Waals surface area contributed by atoms with E-state index in [0.717, 1.165) is 0 Å². The van der Waals surface area contributed by atoms with Gasteiger partial charge in [0.25, 0.3) is 5.91 Å². The van der Waals surface area contributed by atoms with Crippen LogP contribution in [0.25, 0.3) is 0 Å². The van der Waals surface area contributed by atoms with E-state index in [4.69, 9.17) is 32.7 Å². The summed E-state index contributed by atoms with van der Waals surface area (Å²) in [4.78, 5) is 12.6. The molecule has 0 saturated carbocycles. The Morgan fingerprint density at radius 1 is 1.15 bits per heavy atom. The third-order valence-corrected chi connectivity index (χ3v) is 4.04. The van der Waals surface area contributed by atoms with Crippen molar-refractivity contribution < 1.29 is 14.3 Å². The zero-order valence-corrected chi connectivity index (χ0v) is 13.0. The molecule has 106 valence electrons. The molecule has 1 aromatic carbocycles. The van der Waals surface area contributed by atoms with Crippen LogP contribution in [0.15, 0.2) is 24.3 Å². The van der Waals surface area contributed by atoms with Crippen molar-refractivity contribution in [1.82, 2.24) is 0 Å². The van der Waals surface area contributed by atoms with Gasteiger partial charge in [-0.2, -0.15) is 0 Å². The van der Waals surface area contributed by atoms with E-state index in [1.165, 1.54) is 25.6 Å². The molecule has 0 fully saturated rings. The van der Waals surface area contributed by atoms with Gasteiger partial charge >= 0.3 is 0 Å². The quantitative estimate of drug-likeness (QED) is 0.907. The molecule has 7 heteroatoms. The summed E-state index contributed by atoms with van der Waals surface area (Å²) in [6.07, 6.45) is 0. The number of anilines is 1. The summed E-state index contributed by atoms with van der Waals surface area (Å²) in [6.45, 7) is 0. The number of hydrogen-bond donors (Lipinski definition) is 1. The Hall–Kier alpha value is -1.43. The van der Waals surface area contributed by atoms with Crippen molar-refractivity contribution in [2.75, 3.05) is 19.5 Å². The maximum Gasteiger partial charge on any atom is 0.265 e. The first-order chi connectivity index (χ1) is 9.55. The van der Waals surface area contributed by atoms with Crippen molar-refractivity contribution in [2.45, 2.75) is 0 Å². The van der Waals surface area contributed by atoms with Gasteiger partial charge in [-0.15, -0.1) is 11.3 Å².